The smallest absolute Gasteiger partial charge is 0.338 e. The van der Waals surface area contributed by atoms with Gasteiger partial charge in [-0.25, -0.2) is 4.79 Å². The van der Waals surface area contributed by atoms with Gasteiger partial charge in [-0.15, -0.1) is 0 Å². The lowest BCUT2D eigenvalue weighted by Crippen LogP contribution is -2.52. The van der Waals surface area contributed by atoms with Gasteiger partial charge < -0.3 is 14.7 Å². The van der Waals surface area contributed by atoms with Gasteiger partial charge in [0.1, 0.15) is 11.8 Å². The number of rotatable bonds is 8. The Labute approximate surface area is 154 Å². The molecule has 1 aromatic carbocycles. The van der Waals surface area contributed by atoms with E-state index < -0.39 is 17.8 Å². The zero-order valence-corrected chi connectivity index (χ0v) is 16.3. The molecule has 0 spiro atoms. The molecule has 0 radical (unpaired) electrons. The molecule has 1 aromatic rings. The maximum Gasteiger partial charge on any atom is 0.338 e. The first-order valence-corrected chi connectivity index (χ1v) is 8.95. The Kier molecular flexibility index (Phi) is 7.90. The molecule has 0 bridgehead atoms. The Morgan fingerprint density at radius 1 is 1.24 bits per heavy atom. The van der Waals surface area contributed by atoms with Crippen LogP contribution in [0.3, 0.4) is 0 Å². The van der Waals surface area contributed by atoms with Crippen molar-refractivity contribution >= 4 is 23.5 Å². The predicted molar refractivity (Wildman–Crippen MR) is 98.5 cm³/mol. The lowest BCUT2D eigenvalue weighted by Gasteiger charge is -2.38. The van der Waals surface area contributed by atoms with Crippen molar-refractivity contribution in [3.8, 4) is 0 Å². The van der Waals surface area contributed by atoms with Gasteiger partial charge in [0.05, 0.1) is 12.0 Å². The highest BCUT2D eigenvalue weighted by Gasteiger charge is 2.32. The first kappa shape index (κ1) is 21.5. The van der Waals surface area contributed by atoms with E-state index in [2.05, 4.69) is 0 Å². The molecular formula is C19H28ClNO4. The summed E-state index contributed by atoms with van der Waals surface area (Å²) in [5.41, 5.74) is -0.886. The summed E-state index contributed by atoms with van der Waals surface area (Å²) in [4.78, 5) is 26.3. The van der Waals surface area contributed by atoms with Gasteiger partial charge in [0.15, 0.2) is 0 Å². The highest BCUT2D eigenvalue weighted by atomic mass is 35.5. The molecule has 0 aliphatic rings. The van der Waals surface area contributed by atoms with Crippen LogP contribution in [0.4, 0.5) is 0 Å². The van der Waals surface area contributed by atoms with Gasteiger partial charge in [0.2, 0.25) is 5.91 Å². The lowest BCUT2D eigenvalue weighted by atomic mass is 10.1. The SMILES string of the molecule is CCCC(CC(=O)N(C(C)C)C(C)(C)O)OC(=O)c1ccc(Cl)cc1. The molecule has 1 atom stereocenters. The van der Waals surface area contributed by atoms with Crippen LogP contribution in [0.5, 0.6) is 0 Å². The van der Waals surface area contributed by atoms with E-state index in [9.17, 15) is 14.7 Å². The third kappa shape index (κ3) is 6.67. The van der Waals surface area contributed by atoms with Gasteiger partial charge in [-0.1, -0.05) is 24.9 Å². The lowest BCUT2D eigenvalue weighted by molar-refractivity contribution is -0.160. The molecule has 0 saturated carbocycles. The fourth-order valence-corrected chi connectivity index (χ4v) is 2.97. The summed E-state index contributed by atoms with van der Waals surface area (Å²) in [5.74, 6) is -0.730. The molecule has 0 heterocycles. The van der Waals surface area contributed by atoms with Crippen LogP contribution in [0.1, 0.15) is 64.2 Å². The third-order valence-corrected chi connectivity index (χ3v) is 3.99. The van der Waals surface area contributed by atoms with Crippen molar-refractivity contribution in [2.75, 3.05) is 0 Å². The molecule has 1 rings (SSSR count). The van der Waals surface area contributed by atoms with Crippen LogP contribution in [-0.2, 0) is 9.53 Å². The van der Waals surface area contributed by atoms with Crippen molar-refractivity contribution in [2.45, 2.75) is 71.8 Å². The Morgan fingerprint density at radius 2 is 1.80 bits per heavy atom. The van der Waals surface area contributed by atoms with Gasteiger partial charge in [-0.3, -0.25) is 4.79 Å². The highest BCUT2D eigenvalue weighted by Crippen LogP contribution is 2.20. The first-order chi connectivity index (χ1) is 11.6. The number of esters is 1. The topological polar surface area (TPSA) is 66.8 Å². The molecule has 0 aliphatic carbocycles. The van der Waals surface area contributed by atoms with E-state index in [0.29, 0.717) is 17.0 Å². The number of ether oxygens (including phenoxy) is 1. The van der Waals surface area contributed by atoms with Gasteiger partial charge in [0, 0.05) is 11.1 Å². The van der Waals surface area contributed by atoms with E-state index in [1.54, 1.807) is 38.1 Å². The normalized spacial score (nSPS) is 12.8. The summed E-state index contributed by atoms with van der Waals surface area (Å²) in [5, 5.41) is 10.8. The maximum absolute atomic E-state index is 12.6. The fourth-order valence-electron chi connectivity index (χ4n) is 2.85. The second-order valence-electron chi connectivity index (χ2n) is 6.88. The second kappa shape index (κ2) is 9.20. The molecule has 140 valence electrons. The van der Waals surface area contributed by atoms with Gasteiger partial charge in [0.25, 0.3) is 0 Å². The number of nitrogens with zero attached hydrogens (tertiary/aromatic N) is 1. The summed E-state index contributed by atoms with van der Waals surface area (Å²) >= 11 is 5.82. The van der Waals surface area contributed by atoms with Crippen molar-refractivity contribution < 1.29 is 19.4 Å². The number of carbonyl (C=O) groups is 2. The molecule has 5 nitrogen and oxygen atoms in total. The molecule has 1 amide bonds. The molecule has 0 aliphatic heterocycles. The fraction of sp³-hybridized carbons (Fsp3) is 0.579. The standard InChI is InChI=1S/C19H28ClNO4/c1-6-7-16(12-17(22)21(13(2)3)19(4,5)24)25-18(23)14-8-10-15(20)11-9-14/h8-11,13,16,24H,6-7,12H2,1-5H3. The van der Waals surface area contributed by atoms with Crippen LogP contribution < -0.4 is 0 Å². The number of aliphatic hydroxyl groups is 1. The van der Waals surface area contributed by atoms with Crippen molar-refractivity contribution in [3.05, 3.63) is 34.9 Å². The molecule has 25 heavy (non-hydrogen) atoms. The molecule has 0 fully saturated rings. The summed E-state index contributed by atoms with van der Waals surface area (Å²) in [6.07, 6.45) is 0.845. The predicted octanol–water partition coefficient (Wildman–Crippen LogP) is 4.02. The van der Waals surface area contributed by atoms with Crippen LogP contribution in [0.25, 0.3) is 0 Å². The van der Waals surface area contributed by atoms with Crippen molar-refractivity contribution in [1.29, 1.82) is 0 Å². The van der Waals surface area contributed by atoms with Gasteiger partial charge >= 0.3 is 5.97 Å². The second-order valence-corrected chi connectivity index (χ2v) is 7.32. The zero-order valence-electron chi connectivity index (χ0n) is 15.6. The van der Waals surface area contributed by atoms with E-state index in [1.165, 1.54) is 4.90 Å². The Balaban J connectivity index is 2.83. The van der Waals surface area contributed by atoms with Gasteiger partial charge in [-0.05, 0) is 58.4 Å². The summed E-state index contributed by atoms with van der Waals surface area (Å²) in [7, 11) is 0. The number of hydrogen-bond donors (Lipinski definition) is 1. The van der Waals surface area contributed by atoms with E-state index in [1.807, 2.05) is 20.8 Å². The minimum absolute atomic E-state index is 0.0370. The summed E-state index contributed by atoms with van der Waals surface area (Å²) in [6.45, 7) is 8.78. The van der Waals surface area contributed by atoms with Crippen LogP contribution in [0, 0.1) is 0 Å². The summed E-state index contributed by atoms with van der Waals surface area (Å²) < 4.78 is 5.52. The Bertz CT molecular complexity index is 578. The number of carbonyl (C=O) groups excluding carboxylic acids is 2. The quantitative estimate of drug-likeness (QED) is 0.555. The van der Waals surface area contributed by atoms with Crippen molar-refractivity contribution in [3.63, 3.8) is 0 Å². The van der Waals surface area contributed by atoms with Crippen LogP contribution in [0.2, 0.25) is 5.02 Å². The van der Waals surface area contributed by atoms with Crippen LogP contribution in [-0.4, -0.2) is 39.8 Å². The average molecular weight is 370 g/mol. The van der Waals surface area contributed by atoms with E-state index in [0.717, 1.165) is 6.42 Å². The number of amides is 1. The van der Waals surface area contributed by atoms with E-state index >= 15 is 0 Å². The molecule has 1 N–H and O–H groups in total. The first-order valence-electron chi connectivity index (χ1n) is 8.57. The molecule has 0 aromatic heterocycles. The maximum atomic E-state index is 12.6. The summed E-state index contributed by atoms with van der Waals surface area (Å²) in [6, 6.07) is 6.25. The van der Waals surface area contributed by atoms with E-state index in [4.69, 9.17) is 16.3 Å². The zero-order chi connectivity index (χ0) is 19.2. The number of hydrogen-bond acceptors (Lipinski definition) is 4. The van der Waals surface area contributed by atoms with Crippen LogP contribution in [0.15, 0.2) is 24.3 Å². The average Bonchev–Trinajstić information content (AvgIpc) is 2.45. The largest absolute Gasteiger partial charge is 0.458 e. The Morgan fingerprint density at radius 3 is 2.24 bits per heavy atom. The molecule has 1 unspecified atom stereocenters. The van der Waals surface area contributed by atoms with Crippen molar-refractivity contribution in [1.82, 2.24) is 4.90 Å². The number of benzene rings is 1. The molecular weight excluding hydrogens is 342 g/mol. The molecule has 6 heteroatoms. The van der Waals surface area contributed by atoms with Crippen molar-refractivity contribution in [2.24, 2.45) is 0 Å². The van der Waals surface area contributed by atoms with Crippen LogP contribution >= 0.6 is 11.6 Å². The monoisotopic (exact) mass is 369 g/mol. The minimum atomic E-state index is -1.28. The third-order valence-electron chi connectivity index (χ3n) is 3.74. The number of halogens is 1. The van der Waals surface area contributed by atoms with Gasteiger partial charge in [-0.2, -0.15) is 0 Å². The highest BCUT2D eigenvalue weighted by molar-refractivity contribution is 6.30. The van der Waals surface area contributed by atoms with E-state index in [-0.39, 0.29) is 18.4 Å². The molecule has 0 saturated heterocycles. The minimum Gasteiger partial charge on any atom is -0.458 e. The Hall–Kier alpha value is -1.59.